The van der Waals surface area contributed by atoms with Crippen LogP contribution in [0.5, 0.6) is 11.5 Å². The fourth-order valence-electron chi connectivity index (χ4n) is 4.31. The maximum Gasteiger partial charge on any atom is 0.244 e. The highest BCUT2D eigenvalue weighted by Gasteiger charge is 2.11. The molecule has 0 fully saturated rings. The van der Waals surface area contributed by atoms with Gasteiger partial charge in [-0.3, -0.25) is 4.79 Å². The van der Waals surface area contributed by atoms with Crippen molar-refractivity contribution >= 4 is 29.1 Å². The first-order valence-corrected chi connectivity index (χ1v) is 13.1. The summed E-state index contributed by atoms with van der Waals surface area (Å²) in [6.07, 6.45) is 9.92. The van der Waals surface area contributed by atoms with Crippen LogP contribution in [0.25, 0.3) is 23.2 Å². The molecule has 0 aliphatic heterocycles. The number of methoxy groups -OCH3 is 1. The first-order valence-electron chi connectivity index (χ1n) is 13.1. The minimum Gasteiger partial charge on any atom is -0.493 e. The van der Waals surface area contributed by atoms with E-state index in [-0.39, 0.29) is 5.91 Å². The maximum atomic E-state index is 12.3. The molecule has 4 aromatic rings. The number of allylic oxidation sites excluding steroid dienone is 1. The van der Waals surface area contributed by atoms with Crippen LogP contribution >= 0.6 is 0 Å². The van der Waals surface area contributed by atoms with Crippen molar-refractivity contribution in [1.82, 2.24) is 14.9 Å². The molecule has 38 heavy (non-hydrogen) atoms. The zero-order chi connectivity index (χ0) is 26.6. The highest BCUT2D eigenvalue weighted by Crippen LogP contribution is 2.29. The van der Waals surface area contributed by atoms with Crippen molar-refractivity contribution < 1.29 is 14.3 Å². The number of nitrogens with zero attached hydrogens (tertiary/aromatic N) is 2. The number of para-hydroxylation sites is 2. The minimum absolute atomic E-state index is 0.108. The van der Waals surface area contributed by atoms with Gasteiger partial charge in [0.1, 0.15) is 5.82 Å². The molecule has 0 radical (unpaired) electrons. The van der Waals surface area contributed by atoms with Gasteiger partial charge in [0.05, 0.1) is 24.8 Å². The Bertz CT molecular complexity index is 1390. The smallest absolute Gasteiger partial charge is 0.244 e. The highest BCUT2D eigenvalue weighted by atomic mass is 16.5. The van der Waals surface area contributed by atoms with Crippen LogP contribution < -0.4 is 14.8 Å². The largest absolute Gasteiger partial charge is 0.493 e. The van der Waals surface area contributed by atoms with Gasteiger partial charge >= 0.3 is 0 Å². The van der Waals surface area contributed by atoms with Gasteiger partial charge < -0.3 is 19.4 Å². The van der Waals surface area contributed by atoms with Crippen LogP contribution in [0, 0.1) is 0 Å². The molecule has 0 aliphatic rings. The Hall–Kier alpha value is -4.32. The van der Waals surface area contributed by atoms with Crippen molar-refractivity contribution in [3.8, 4) is 11.5 Å². The average molecular weight is 510 g/mol. The number of carbonyl (C=O) groups excluding carboxylic acids is 1. The van der Waals surface area contributed by atoms with E-state index < -0.39 is 0 Å². The second kappa shape index (κ2) is 13.8. The average Bonchev–Trinajstić information content (AvgIpc) is 3.30. The molecule has 0 unspecified atom stereocenters. The Kier molecular flexibility index (Phi) is 9.74. The number of nitrogens with one attached hydrogen (secondary N) is 1. The lowest BCUT2D eigenvalue weighted by Gasteiger charge is -2.12. The van der Waals surface area contributed by atoms with Crippen molar-refractivity contribution in [2.45, 2.75) is 32.7 Å². The number of carbonyl (C=O) groups is 1. The molecule has 4 rings (SSSR count). The Labute approximate surface area is 224 Å². The molecule has 196 valence electrons. The van der Waals surface area contributed by atoms with Crippen molar-refractivity contribution in [2.24, 2.45) is 0 Å². The van der Waals surface area contributed by atoms with Gasteiger partial charge in [-0.2, -0.15) is 0 Å². The second-order valence-corrected chi connectivity index (χ2v) is 8.92. The number of unbranched alkanes of at least 4 members (excludes halogenated alkanes) is 1. The summed E-state index contributed by atoms with van der Waals surface area (Å²) in [6, 6.07) is 23.9. The Balaban J connectivity index is 1.30. The third-order valence-electron chi connectivity index (χ3n) is 6.19. The molecule has 0 atom stereocenters. The number of amides is 1. The summed E-state index contributed by atoms with van der Waals surface area (Å²) >= 11 is 0. The SMILES string of the molecule is C/C=C/c1ccc(OCCCCn2c(CCNC(=O)/C=C/c3ccccc3)nc3ccccc32)c(OC)c1. The normalized spacial score (nSPS) is 11.4. The standard InChI is InChI=1S/C32H35N3O3/c1-3-11-26-16-18-29(30(24-26)37-2)38-23-10-9-22-35-28-15-8-7-14-27(28)34-31(35)20-21-33-32(36)19-17-25-12-5-4-6-13-25/h3-8,11-19,24H,9-10,20-23H2,1-2H3,(H,33,36)/b11-3+,19-17+. The van der Waals surface area contributed by atoms with E-state index in [1.54, 1.807) is 13.2 Å². The Morgan fingerprint density at radius 2 is 1.76 bits per heavy atom. The molecular weight excluding hydrogens is 474 g/mol. The molecule has 6 nitrogen and oxygen atoms in total. The highest BCUT2D eigenvalue weighted by molar-refractivity contribution is 5.91. The number of benzene rings is 3. The quantitative estimate of drug-likeness (QED) is 0.169. The molecule has 1 heterocycles. The Morgan fingerprint density at radius 1 is 0.947 bits per heavy atom. The molecular formula is C32H35N3O3. The monoisotopic (exact) mass is 509 g/mol. The van der Waals surface area contributed by atoms with Crippen LogP contribution in [-0.4, -0.2) is 35.7 Å². The van der Waals surface area contributed by atoms with Crippen LogP contribution in [0.15, 0.2) is 84.9 Å². The summed E-state index contributed by atoms with van der Waals surface area (Å²) in [5, 5.41) is 2.98. The van der Waals surface area contributed by atoms with E-state index >= 15 is 0 Å². The summed E-state index contributed by atoms with van der Waals surface area (Å²) in [7, 11) is 1.66. The molecule has 0 bridgehead atoms. The lowest BCUT2D eigenvalue weighted by molar-refractivity contribution is -0.116. The van der Waals surface area contributed by atoms with Crippen LogP contribution in [0.4, 0.5) is 0 Å². The van der Waals surface area contributed by atoms with Crippen LogP contribution in [0.3, 0.4) is 0 Å². The van der Waals surface area contributed by atoms with E-state index in [2.05, 4.69) is 16.0 Å². The van der Waals surface area contributed by atoms with Gasteiger partial charge in [0.15, 0.2) is 11.5 Å². The van der Waals surface area contributed by atoms with Crippen LogP contribution in [0.2, 0.25) is 0 Å². The number of hydrogen-bond acceptors (Lipinski definition) is 4. The minimum atomic E-state index is -0.108. The predicted molar refractivity (Wildman–Crippen MR) is 154 cm³/mol. The number of fused-ring (bicyclic) bond motifs is 1. The van der Waals surface area contributed by atoms with Gasteiger partial charge in [-0.15, -0.1) is 0 Å². The molecule has 1 N–H and O–H groups in total. The number of aromatic nitrogens is 2. The van der Waals surface area contributed by atoms with E-state index in [0.717, 1.165) is 58.9 Å². The summed E-state index contributed by atoms with van der Waals surface area (Å²) in [6.45, 7) is 3.95. The Morgan fingerprint density at radius 3 is 2.58 bits per heavy atom. The van der Waals surface area contributed by atoms with Gasteiger partial charge in [0.2, 0.25) is 5.91 Å². The number of rotatable bonds is 13. The summed E-state index contributed by atoms with van der Waals surface area (Å²) in [5.74, 6) is 2.36. The molecule has 1 amide bonds. The predicted octanol–water partition coefficient (Wildman–Crippen LogP) is 6.31. The number of imidazole rings is 1. The lowest BCUT2D eigenvalue weighted by atomic mass is 10.2. The molecule has 6 heteroatoms. The van der Waals surface area contributed by atoms with Gasteiger partial charge in [-0.05, 0) is 61.2 Å². The van der Waals surface area contributed by atoms with Gasteiger partial charge in [0, 0.05) is 25.6 Å². The van der Waals surface area contributed by atoms with E-state index in [1.807, 2.05) is 91.9 Å². The zero-order valence-corrected chi connectivity index (χ0v) is 22.1. The maximum absolute atomic E-state index is 12.3. The topological polar surface area (TPSA) is 65.4 Å². The third kappa shape index (κ3) is 7.35. The molecule has 0 saturated heterocycles. The van der Waals surface area contributed by atoms with Crippen molar-refractivity contribution in [1.29, 1.82) is 0 Å². The summed E-state index contributed by atoms with van der Waals surface area (Å²) in [5.41, 5.74) is 4.16. The van der Waals surface area contributed by atoms with Gasteiger partial charge in [-0.25, -0.2) is 4.98 Å². The zero-order valence-electron chi connectivity index (χ0n) is 22.1. The summed E-state index contributed by atoms with van der Waals surface area (Å²) < 4.78 is 13.8. The van der Waals surface area contributed by atoms with E-state index in [0.29, 0.717) is 19.6 Å². The van der Waals surface area contributed by atoms with Crippen LogP contribution in [0.1, 0.15) is 36.7 Å². The molecule has 0 saturated carbocycles. The van der Waals surface area contributed by atoms with Crippen molar-refractivity contribution in [2.75, 3.05) is 20.3 Å². The van der Waals surface area contributed by atoms with E-state index in [4.69, 9.17) is 14.5 Å². The molecule has 0 aliphatic carbocycles. The lowest BCUT2D eigenvalue weighted by Crippen LogP contribution is -2.24. The summed E-state index contributed by atoms with van der Waals surface area (Å²) in [4.78, 5) is 17.1. The number of aryl methyl sites for hydroxylation is 1. The van der Waals surface area contributed by atoms with Crippen molar-refractivity contribution in [3.05, 3.63) is 102 Å². The van der Waals surface area contributed by atoms with Gasteiger partial charge in [-0.1, -0.05) is 60.7 Å². The second-order valence-electron chi connectivity index (χ2n) is 8.92. The number of ether oxygens (including phenoxy) is 2. The van der Waals surface area contributed by atoms with E-state index in [1.165, 1.54) is 0 Å². The molecule has 0 spiro atoms. The first-order chi connectivity index (χ1) is 18.7. The fourth-order valence-corrected chi connectivity index (χ4v) is 4.31. The van der Waals surface area contributed by atoms with E-state index in [9.17, 15) is 4.79 Å². The van der Waals surface area contributed by atoms with Gasteiger partial charge in [0.25, 0.3) is 0 Å². The first kappa shape index (κ1) is 26.7. The molecule has 1 aromatic heterocycles. The third-order valence-corrected chi connectivity index (χ3v) is 6.19. The molecule has 3 aromatic carbocycles. The van der Waals surface area contributed by atoms with Crippen molar-refractivity contribution in [3.63, 3.8) is 0 Å². The number of hydrogen-bond donors (Lipinski definition) is 1. The fraction of sp³-hybridized carbons (Fsp3) is 0.250. The van der Waals surface area contributed by atoms with Crippen LogP contribution in [-0.2, 0) is 17.8 Å².